The molecule has 30 heavy (non-hydrogen) atoms. The van der Waals surface area contributed by atoms with Gasteiger partial charge in [-0.25, -0.2) is 14.2 Å². The van der Waals surface area contributed by atoms with Gasteiger partial charge in [-0.1, -0.05) is 12.1 Å². The first-order valence-electron chi connectivity index (χ1n) is 10.3. The molecule has 0 aliphatic carbocycles. The minimum absolute atomic E-state index is 0.109. The number of aromatic nitrogens is 2. The number of piperazine rings is 1. The van der Waals surface area contributed by atoms with Crippen LogP contribution in [0.2, 0.25) is 0 Å². The molecule has 0 atom stereocenters. The summed E-state index contributed by atoms with van der Waals surface area (Å²) in [5, 5.41) is 2.82. The Labute approximate surface area is 175 Å². The molecule has 1 N–H and O–H groups in total. The van der Waals surface area contributed by atoms with Gasteiger partial charge in [-0.3, -0.25) is 0 Å². The van der Waals surface area contributed by atoms with Crippen LogP contribution in [-0.4, -0.2) is 72.1 Å². The van der Waals surface area contributed by atoms with Crippen molar-refractivity contribution in [3.05, 3.63) is 41.3 Å². The van der Waals surface area contributed by atoms with Gasteiger partial charge in [0.25, 0.3) is 0 Å². The molecule has 8 nitrogen and oxygen atoms in total. The van der Waals surface area contributed by atoms with Crippen molar-refractivity contribution in [2.45, 2.75) is 19.9 Å². The van der Waals surface area contributed by atoms with Crippen LogP contribution in [-0.2, 0) is 13.0 Å². The zero-order valence-electron chi connectivity index (χ0n) is 17.4. The molecule has 3 heterocycles. The average molecular weight is 414 g/mol. The number of halogens is 1. The molecule has 0 radical (unpaired) electrons. The van der Waals surface area contributed by atoms with E-state index in [9.17, 15) is 9.18 Å². The Bertz CT molecular complexity index is 916. The highest BCUT2D eigenvalue weighted by atomic mass is 19.1. The molecule has 1 aromatic heterocycles. The minimum Gasteiger partial charge on any atom is -0.435 e. The molecular weight excluding hydrogens is 387 g/mol. The Morgan fingerprint density at radius 3 is 2.67 bits per heavy atom. The zero-order chi connectivity index (χ0) is 21.1. The first kappa shape index (κ1) is 20.3. The second-order valence-electron chi connectivity index (χ2n) is 7.58. The Morgan fingerprint density at radius 2 is 1.93 bits per heavy atom. The maximum atomic E-state index is 14.3. The molecule has 2 amide bonds. The molecule has 0 unspecified atom stereocenters. The minimum atomic E-state index is -0.456. The number of ether oxygens (including phenoxy) is 1. The van der Waals surface area contributed by atoms with Gasteiger partial charge >= 0.3 is 6.03 Å². The third-order valence-corrected chi connectivity index (χ3v) is 5.46. The molecule has 0 bridgehead atoms. The molecule has 2 aromatic rings. The maximum Gasteiger partial charge on any atom is 0.317 e. The molecule has 0 spiro atoms. The highest BCUT2D eigenvalue weighted by Crippen LogP contribution is 2.32. The van der Waals surface area contributed by atoms with Crippen molar-refractivity contribution in [1.82, 2.24) is 25.1 Å². The third-order valence-electron chi connectivity index (χ3n) is 5.46. The third kappa shape index (κ3) is 4.30. The maximum absolute atomic E-state index is 14.3. The SMILES string of the molecule is CCNC(=O)N1CCc2nc(N3CCN(C)CC3)nc(Oc3ccccc3F)c2C1. The van der Waals surface area contributed by atoms with Crippen LogP contribution in [0.25, 0.3) is 0 Å². The first-order valence-corrected chi connectivity index (χ1v) is 10.3. The smallest absolute Gasteiger partial charge is 0.317 e. The van der Waals surface area contributed by atoms with Crippen LogP contribution >= 0.6 is 0 Å². The van der Waals surface area contributed by atoms with Crippen LogP contribution < -0.4 is 15.0 Å². The number of fused-ring (bicyclic) bond motifs is 1. The summed E-state index contributed by atoms with van der Waals surface area (Å²) in [6, 6.07) is 6.12. The normalized spacial score (nSPS) is 16.9. The lowest BCUT2D eigenvalue weighted by molar-refractivity contribution is 0.191. The summed E-state index contributed by atoms with van der Waals surface area (Å²) in [4.78, 5) is 27.9. The van der Waals surface area contributed by atoms with Crippen LogP contribution in [0.5, 0.6) is 11.6 Å². The summed E-state index contributed by atoms with van der Waals surface area (Å²) < 4.78 is 20.2. The van der Waals surface area contributed by atoms with Crippen molar-refractivity contribution < 1.29 is 13.9 Å². The van der Waals surface area contributed by atoms with Gasteiger partial charge in [0.05, 0.1) is 17.8 Å². The number of carbonyl (C=O) groups is 1. The number of hydrogen-bond donors (Lipinski definition) is 1. The standard InChI is InChI=1S/C21H27FN6O2/c1-3-23-21(29)28-9-8-17-15(14-28)19(30-18-7-5-4-6-16(18)22)25-20(24-17)27-12-10-26(2)11-13-27/h4-7H,3,8-14H2,1-2H3,(H,23,29). The van der Waals surface area contributed by atoms with Crippen LogP contribution in [0.4, 0.5) is 15.1 Å². The van der Waals surface area contributed by atoms with Crippen molar-refractivity contribution in [3.63, 3.8) is 0 Å². The lowest BCUT2D eigenvalue weighted by atomic mass is 10.1. The molecule has 0 saturated carbocycles. The average Bonchev–Trinajstić information content (AvgIpc) is 2.75. The van der Waals surface area contributed by atoms with E-state index in [4.69, 9.17) is 9.72 Å². The zero-order valence-corrected chi connectivity index (χ0v) is 17.4. The van der Waals surface area contributed by atoms with E-state index in [-0.39, 0.29) is 11.8 Å². The van der Waals surface area contributed by atoms with Crippen LogP contribution in [0.1, 0.15) is 18.2 Å². The van der Waals surface area contributed by atoms with E-state index in [1.54, 1.807) is 23.1 Å². The Balaban J connectivity index is 1.68. The number of rotatable bonds is 4. The number of carbonyl (C=O) groups excluding carboxylic acids is 1. The van der Waals surface area contributed by atoms with Gasteiger partial charge in [-0.2, -0.15) is 4.98 Å². The van der Waals surface area contributed by atoms with Crippen LogP contribution in [0.3, 0.4) is 0 Å². The number of nitrogens with one attached hydrogen (secondary N) is 1. The summed E-state index contributed by atoms with van der Waals surface area (Å²) in [7, 11) is 2.09. The summed E-state index contributed by atoms with van der Waals surface area (Å²) in [5.41, 5.74) is 1.58. The van der Waals surface area contributed by atoms with Crippen molar-refractivity contribution in [1.29, 1.82) is 0 Å². The Hall–Kier alpha value is -2.94. The van der Waals surface area contributed by atoms with Gasteiger partial charge in [0.15, 0.2) is 11.6 Å². The van der Waals surface area contributed by atoms with E-state index < -0.39 is 5.82 Å². The number of benzene rings is 1. The number of anilines is 1. The molecule has 160 valence electrons. The lowest BCUT2D eigenvalue weighted by Gasteiger charge is -2.34. The van der Waals surface area contributed by atoms with Crippen molar-refractivity contribution in [2.75, 3.05) is 51.2 Å². The molecule has 9 heteroatoms. The van der Waals surface area contributed by atoms with E-state index in [0.29, 0.717) is 37.9 Å². The van der Waals surface area contributed by atoms with E-state index in [1.165, 1.54) is 6.07 Å². The van der Waals surface area contributed by atoms with Crippen molar-refractivity contribution in [3.8, 4) is 11.6 Å². The van der Waals surface area contributed by atoms with Gasteiger partial charge in [-0.15, -0.1) is 0 Å². The summed E-state index contributed by atoms with van der Waals surface area (Å²) in [5.74, 6) is 0.563. The Kier molecular flexibility index (Phi) is 5.98. The van der Waals surface area contributed by atoms with Crippen LogP contribution in [0.15, 0.2) is 24.3 Å². The van der Waals surface area contributed by atoms with E-state index >= 15 is 0 Å². The monoisotopic (exact) mass is 414 g/mol. The van der Waals surface area contributed by atoms with Gasteiger partial charge in [0, 0.05) is 45.7 Å². The van der Waals surface area contributed by atoms with Gasteiger partial charge < -0.3 is 24.8 Å². The van der Waals surface area contributed by atoms with Gasteiger partial charge in [0.2, 0.25) is 11.8 Å². The van der Waals surface area contributed by atoms with E-state index in [0.717, 1.165) is 37.4 Å². The lowest BCUT2D eigenvalue weighted by Crippen LogP contribution is -2.46. The number of urea groups is 1. The largest absolute Gasteiger partial charge is 0.435 e. The quantitative estimate of drug-likeness (QED) is 0.827. The Morgan fingerprint density at radius 1 is 1.17 bits per heavy atom. The number of likely N-dealkylation sites (N-methyl/N-ethyl adjacent to an activating group) is 1. The van der Waals surface area contributed by atoms with Crippen molar-refractivity contribution in [2.24, 2.45) is 0 Å². The molecule has 4 rings (SSSR count). The predicted molar refractivity (Wildman–Crippen MR) is 111 cm³/mol. The molecule has 1 aromatic carbocycles. The highest BCUT2D eigenvalue weighted by Gasteiger charge is 2.28. The predicted octanol–water partition coefficient (Wildman–Crippen LogP) is 2.25. The molecular formula is C21H27FN6O2. The fourth-order valence-corrected chi connectivity index (χ4v) is 3.67. The van der Waals surface area contributed by atoms with Gasteiger partial charge in [-0.05, 0) is 26.1 Å². The fourth-order valence-electron chi connectivity index (χ4n) is 3.67. The van der Waals surface area contributed by atoms with Crippen molar-refractivity contribution >= 4 is 12.0 Å². The summed E-state index contributed by atoms with van der Waals surface area (Å²) >= 11 is 0. The van der Waals surface area contributed by atoms with E-state index in [1.807, 2.05) is 6.92 Å². The van der Waals surface area contributed by atoms with Gasteiger partial charge in [0.1, 0.15) is 0 Å². The second-order valence-corrected chi connectivity index (χ2v) is 7.58. The molecule has 2 aliphatic rings. The van der Waals surface area contributed by atoms with Crippen LogP contribution in [0, 0.1) is 5.82 Å². The summed E-state index contributed by atoms with van der Waals surface area (Å²) in [6.07, 6.45) is 0.601. The number of nitrogens with zero attached hydrogens (tertiary/aromatic N) is 5. The number of para-hydroxylation sites is 1. The number of hydrogen-bond acceptors (Lipinski definition) is 6. The number of amides is 2. The highest BCUT2D eigenvalue weighted by molar-refractivity contribution is 5.74. The fraction of sp³-hybridized carbons (Fsp3) is 0.476. The van der Waals surface area contributed by atoms with E-state index in [2.05, 4.69) is 27.1 Å². The molecule has 1 fully saturated rings. The summed E-state index contributed by atoms with van der Waals surface area (Å²) in [6.45, 7) is 6.82. The first-order chi connectivity index (χ1) is 14.5. The second kappa shape index (κ2) is 8.83. The molecule has 2 aliphatic heterocycles. The topological polar surface area (TPSA) is 73.8 Å². The molecule has 1 saturated heterocycles.